The quantitative estimate of drug-likeness (QED) is 0.758. The summed E-state index contributed by atoms with van der Waals surface area (Å²) in [6.07, 6.45) is 1.14. The van der Waals surface area contributed by atoms with Gasteiger partial charge in [-0.15, -0.1) is 11.3 Å². The van der Waals surface area contributed by atoms with E-state index in [0.29, 0.717) is 0 Å². The lowest BCUT2D eigenvalue weighted by atomic mass is 10.2. The fourth-order valence-corrected chi connectivity index (χ4v) is 2.86. The molecule has 0 fully saturated rings. The monoisotopic (exact) mass is 307 g/mol. The van der Waals surface area contributed by atoms with Crippen LogP contribution in [0.1, 0.15) is 29.6 Å². The van der Waals surface area contributed by atoms with Crippen molar-refractivity contribution in [1.82, 2.24) is 15.2 Å². The summed E-state index contributed by atoms with van der Waals surface area (Å²) in [6.45, 7) is 5.63. The van der Waals surface area contributed by atoms with Crippen LogP contribution in [0.15, 0.2) is 29.6 Å². The molecule has 0 saturated carbocycles. The topological polar surface area (TPSA) is 28.2 Å². The zero-order valence-corrected chi connectivity index (χ0v) is 13.4. The predicted molar refractivity (Wildman–Crippen MR) is 85.7 cm³/mol. The minimum absolute atomic E-state index is 0.190. The van der Waals surface area contributed by atoms with Gasteiger partial charge in [-0.3, -0.25) is 4.90 Å². The molecule has 0 unspecified atom stereocenters. The van der Waals surface area contributed by atoms with Gasteiger partial charge >= 0.3 is 0 Å². The van der Waals surface area contributed by atoms with Crippen LogP contribution in [0.4, 0.5) is 4.39 Å². The first kappa shape index (κ1) is 16.1. The third-order valence-corrected chi connectivity index (χ3v) is 4.00. The molecule has 0 spiro atoms. The molecule has 2 rings (SSSR count). The summed E-state index contributed by atoms with van der Waals surface area (Å²) in [5.41, 5.74) is 2.21. The molecule has 1 N–H and O–H groups in total. The number of benzene rings is 1. The molecule has 3 nitrogen and oxygen atoms in total. The van der Waals surface area contributed by atoms with Gasteiger partial charge in [0.15, 0.2) is 0 Å². The Morgan fingerprint density at radius 3 is 2.71 bits per heavy atom. The summed E-state index contributed by atoms with van der Waals surface area (Å²) in [7, 11) is 2.05. The van der Waals surface area contributed by atoms with Gasteiger partial charge in [-0.1, -0.05) is 19.1 Å². The smallest absolute Gasteiger partial charge is 0.123 e. The highest BCUT2D eigenvalue weighted by Gasteiger charge is 2.06. The lowest BCUT2D eigenvalue weighted by molar-refractivity contribution is 0.315. The first-order valence-electron chi connectivity index (χ1n) is 7.24. The van der Waals surface area contributed by atoms with Gasteiger partial charge in [0, 0.05) is 25.0 Å². The molecule has 2 aromatic rings. The maximum absolute atomic E-state index is 12.9. The number of aromatic nitrogens is 1. The molecule has 0 bridgehead atoms. The Bertz CT molecular complexity index is 539. The number of nitrogens with zero attached hydrogens (tertiary/aromatic N) is 2. The Morgan fingerprint density at radius 2 is 2.00 bits per heavy atom. The van der Waals surface area contributed by atoms with E-state index in [1.165, 1.54) is 12.1 Å². The minimum Gasteiger partial charge on any atom is -0.310 e. The lowest BCUT2D eigenvalue weighted by Crippen LogP contribution is -2.18. The SMILES string of the molecule is CCCNCc1nc(CN(C)Cc2ccc(F)cc2)cs1. The van der Waals surface area contributed by atoms with Crippen LogP contribution in [-0.4, -0.2) is 23.5 Å². The number of halogens is 1. The summed E-state index contributed by atoms with van der Waals surface area (Å²) in [5, 5.41) is 6.61. The number of rotatable bonds is 8. The van der Waals surface area contributed by atoms with Gasteiger partial charge in [-0.2, -0.15) is 0 Å². The van der Waals surface area contributed by atoms with E-state index in [2.05, 4.69) is 34.6 Å². The van der Waals surface area contributed by atoms with Gasteiger partial charge in [-0.25, -0.2) is 9.37 Å². The number of hydrogen-bond donors (Lipinski definition) is 1. The Hall–Kier alpha value is -1.30. The molecule has 1 heterocycles. The standard InChI is InChI=1S/C16H22FN3S/c1-3-8-18-9-16-19-15(12-21-16)11-20(2)10-13-4-6-14(17)7-5-13/h4-7,12,18H,3,8-11H2,1-2H3. The highest BCUT2D eigenvalue weighted by molar-refractivity contribution is 7.09. The number of hydrogen-bond acceptors (Lipinski definition) is 4. The van der Waals surface area contributed by atoms with Crippen LogP contribution < -0.4 is 5.32 Å². The zero-order valence-electron chi connectivity index (χ0n) is 12.6. The second kappa shape index (κ2) is 8.22. The van der Waals surface area contributed by atoms with E-state index in [1.807, 2.05) is 12.1 Å². The van der Waals surface area contributed by atoms with Crippen molar-refractivity contribution in [3.8, 4) is 0 Å². The molecule has 0 aliphatic carbocycles. The maximum Gasteiger partial charge on any atom is 0.123 e. The normalized spacial score (nSPS) is 11.2. The number of nitrogens with one attached hydrogen (secondary N) is 1. The van der Waals surface area contributed by atoms with E-state index in [1.54, 1.807) is 11.3 Å². The molecule has 0 atom stereocenters. The van der Waals surface area contributed by atoms with Crippen LogP contribution in [0.5, 0.6) is 0 Å². The second-order valence-corrected chi connectivity index (χ2v) is 6.15. The Labute approximate surface area is 129 Å². The summed E-state index contributed by atoms with van der Waals surface area (Å²) >= 11 is 1.70. The highest BCUT2D eigenvalue weighted by atomic mass is 32.1. The Balaban J connectivity index is 1.82. The summed E-state index contributed by atoms with van der Waals surface area (Å²) in [4.78, 5) is 6.82. The average Bonchev–Trinajstić information content (AvgIpc) is 2.89. The molecule has 1 aromatic carbocycles. The van der Waals surface area contributed by atoms with Crippen molar-refractivity contribution in [3.63, 3.8) is 0 Å². The van der Waals surface area contributed by atoms with Crippen molar-refractivity contribution in [1.29, 1.82) is 0 Å². The second-order valence-electron chi connectivity index (χ2n) is 5.21. The van der Waals surface area contributed by atoms with Crippen LogP contribution >= 0.6 is 11.3 Å². The van der Waals surface area contributed by atoms with E-state index < -0.39 is 0 Å². The van der Waals surface area contributed by atoms with Crippen molar-refractivity contribution in [2.45, 2.75) is 33.0 Å². The van der Waals surface area contributed by atoms with Crippen LogP contribution in [0.25, 0.3) is 0 Å². The molecule has 5 heteroatoms. The Kier molecular flexibility index (Phi) is 6.29. The Morgan fingerprint density at radius 1 is 1.24 bits per heavy atom. The first-order chi connectivity index (χ1) is 10.2. The van der Waals surface area contributed by atoms with Crippen molar-refractivity contribution in [2.24, 2.45) is 0 Å². The van der Waals surface area contributed by atoms with Gasteiger partial charge < -0.3 is 5.32 Å². The third-order valence-electron chi connectivity index (χ3n) is 3.10. The molecule has 0 aliphatic heterocycles. The first-order valence-corrected chi connectivity index (χ1v) is 8.12. The van der Waals surface area contributed by atoms with Crippen molar-refractivity contribution in [2.75, 3.05) is 13.6 Å². The van der Waals surface area contributed by atoms with Gasteiger partial charge in [0.05, 0.1) is 5.69 Å². The van der Waals surface area contributed by atoms with E-state index in [-0.39, 0.29) is 5.82 Å². The molecule has 0 amide bonds. The third kappa shape index (κ3) is 5.53. The molecule has 1 aromatic heterocycles. The van der Waals surface area contributed by atoms with Crippen molar-refractivity contribution < 1.29 is 4.39 Å². The molecule has 114 valence electrons. The van der Waals surface area contributed by atoms with Gasteiger partial charge in [0.2, 0.25) is 0 Å². The summed E-state index contributed by atoms with van der Waals surface area (Å²) in [6, 6.07) is 6.66. The number of thiazole rings is 1. The molecule has 21 heavy (non-hydrogen) atoms. The van der Waals surface area contributed by atoms with E-state index in [4.69, 9.17) is 0 Å². The molecule has 0 radical (unpaired) electrons. The van der Waals surface area contributed by atoms with Crippen molar-refractivity contribution >= 4 is 11.3 Å². The molecular weight excluding hydrogens is 285 g/mol. The van der Waals surface area contributed by atoms with E-state index >= 15 is 0 Å². The van der Waals surface area contributed by atoms with E-state index in [0.717, 1.165) is 48.9 Å². The average molecular weight is 307 g/mol. The van der Waals surface area contributed by atoms with Crippen LogP contribution in [0.2, 0.25) is 0 Å². The zero-order chi connectivity index (χ0) is 15.1. The fraction of sp³-hybridized carbons (Fsp3) is 0.438. The molecule has 0 saturated heterocycles. The minimum atomic E-state index is -0.190. The fourth-order valence-electron chi connectivity index (χ4n) is 2.11. The highest BCUT2D eigenvalue weighted by Crippen LogP contribution is 2.13. The van der Waals surface area contributed by atoms with Gasteiger partial charge in [0.1, 0.15) is 10.8 Å². The summed E-state index contributed by atoms with van der Waals surface area (Å²) in [5.74, 6) is -0.190. The lowest BCUT2D eigenvalue weighted by Gasteiger charge is -2.15. The van der Waals surface area contributed by atoms with Crippen LogP contribution in [-0.2, 0) is 19.6 Å². The van der Waals surface area contributed by atoms with Gasteiger partial charge in [0.25, 0.3) is 0 Å². The van der Waals surface area contributed by atoms with Crippen molar-refractivity contribution in [3.05, 3.63) is 51.7 Å². The molecule has 0 aliphatic rings. The van der Waals surface area contributed by atoms with Gasteiger partial charge in [-0.05, 0) is 37.7 Å². The van der Waals surface area contributed by atoms with Crippen LogP contribution in [0.3, 0.4) is 0 Å². The van der Waals surface area contributed by atoms with E-state index in [9.17, 15) is 4.39 Å². The molecular formula is C16H22FN3S. The maximum atomic E-state index is 12.9. The summed E-state index contributed by atoms with van der Waals surface area (Å²) < 4.78 is 12.9. The largest absolute Gasteiger partial charge is 0.310 e. The van der Waals surface area contributed by atoms with Crippen LogP contribution in [0, 0.1) is 5.82 Å². The predicted octanol–water partition coefficient (Wildman–Crippen LogP) is 3.41.